The molecule has 0 unspecified atom stereocenters. The van der Waals surface area contributed by atoms with Crippen LogP contribution in [-0.2, 0) is 21.4 Å². The Kier molecular flexibility index (Phi) is 6.37. The maximum absolute atomic E-state index is 13.0. The van der Waals surface area contributed by atoms with Crippen molar-refractivity contribution in [2.45, 2.75) is 31.2 Å². The maximum atomic E-state index is 13.0. The number of amides is 1. The van der Waals surface area contributed by atoms with Gasteiger partial charge in [-0.2, -0.15) is 4.31 Å². The molecule has 8 heteroatoms. The number of aryl methyl sites for hydroxylation is 1. The molecule has 5 nitrogen and oxygen atoms in total. The lowest BCUT2D eigenvalue weighted by atomic mass is 9.99. The largest absolute Gasteiger partial charge is 0.352 e. The molecule has 1 saturated heterocycles. The summed E-state index contributed by atoms with van der Waals surface area (Å²) in [6.07, 6.45) is 1.23. The number of hydrogen-bond acceptors (Lipinski definition) is 3. The minimum atomic E-state index is -3.71. The number of halogens is 2. The molecule has 1 N–H and O–H groups in total. The summed E-state index contributed by atoms with van der Waals surface area (Å²) in [5, 5.41) is 3.21. The van der Waals surface area contributed by atoms with Gasteiger partial charge in [0.15, 0.2) is 0 Å². The number of carbonyl (C=O) groups is 1. The quantitative estimate of drug-likeness (QED) is 0.798. The van der Waals surface area contributed by atoms with E-state index >= 15 is 0 Å². The van der Waals surface area contributed by atoms with Gasteiger partial charge in [0.05, 0.1) is 10.8 Å². The first-order chi connectivity index (χ1) is 13.3. The van der Waals surface area contributed by atoms with Gasteiger partial charge in [-0.1, -0.05) is 29.8 Å². The number of carbonyl (C=O) groups excluding carboxylic acids is 1. The van der Waals surface area contributed by atoms with Gasteiger partial charge in [0.2, 0.25) is 15.9 Å². The third-order valence-corrected chi connectivity index (χ3v) is 7.18. The smallest absolute Gasteiger partial charge is 0.243 e. The molecule has 1 amide bonds. The molecule has 2 aromatic carbocycles. The van der Waals surface area contributed by atoms with Crippen molar-refractivity contribution >= 4 is 27.5 Å². The van der Waals surface area contributed by atoms with Gasteiger partial charge >= 0.3 is 0 Å². The molecule has 150 valence electrons. The highest BCUT2D eigenvalue weighted by molar-refractivity contribution is 7.89. The number of sulfonamides is 1. The molecule has 28 heavy (non-hydrogen) atoms. The first-order valence-electron chi connectivity index (χ1n) is 9.06. The van der Waals surface area contributed by atoms with Crippen LogP contribution in [0.3, 0.4) is 0 Å². The first-order valence-corrected chi connectivity index (χ1v) is 10.9. The minimum absolute atomic E-state index is 0.128. The number of hydrogen-bond donors (Lipinski definition) is 1. The lowest BCUT2D eigenvalue weighted by Gasteiger charge is -2.31. The summed E-state index contributed by atoms with van der Waals surface area (Å²) in [5.41, 5.74) is 1.58. The normalized spacial score (nSPS) is 18.0. The Balaban J connectivity index is 1.66. The molecule has 3 rings (SSSR count). The Hall–Kier alpha value is -1.96. The molecule has 1 aliphatic rings. The second-order valence-electron chi connectivity index (χ2n) is 6.96. The fourth-order valence-corrected chi connectivity index (χ4v) is 4.99. The van der Waals surface area contributed by atoms with Crippen LogP contribution in [-0.4, -0.2) is 31.7 Å². The van der Waals surface area contributed by atoms with Crippen molar-refractivity contribution in [1.29, 1.82) is 0 Å². The summed E-state index contributed by atoms with van der Waals surface area (Å²) < 4.78 is 40.2. The molecular weight excluding hydrogens is 403 g/mol. The molecule has 0 spiro atoms. The zero-order valence-electron chi connectivity index (χ0n) is 15.5. The van der Waals surface area contributed by atoms with E-state index in [2.05, 4.69) is 5.32 Å². The molecule has 0 saturated carbocycles. The average Bonchev–Trinajstić information content (AvgIpc) is 2.69. The summed E-state index contributed by atoms with van der Waals surface area (Å²) in [5.74, 6) is -0.963. The summed E-state index contributed by atoms with van der Waals surface area (Å²) in [6, 6.07) is 10.5. The van der Waals surface area contributed by atoms with Crippen LogP contribution in [0.5, 0.6) is 0 Å². The summed E-state index contributed by atoms with van der Waals surface area (Å²) in [4.78, 5) is 12.7. The highest BCUT2D eigenvalue weighted by Gasteiger charge is 2.33. The van der Waals surface area contributed by atoms with Crippen LogP contribution in [0.4, 0.5) is 4.39 Å². The monoisotopic (exact) mass is 424 g/mol. The van der Waals surface area contributed by atoms with Crippen molar-refractivity contribution in [3.8, 4) is 0 Å². The van der Waals surface area contributed by atoms with Crippen LogP contribution in [0.15, 0.2) is 47.4 Å². The van der Waals surface area contributed by atoms with Crippen molar-refractivity contribution in [3.05, 3.63) is 64.4 Å². The molecule has 1 aliphatic heterocycles. The highest BCUT2D eigenvalue weighted by Crippen LogP contribution is 2.26. The number of nitrogens with one attached hydrogen (secondary N) is 1. The van der Waals surface area contributed by atoms with Gasteiger partial charge in [0.1, 0.15) is 5.82 Å². The Labute approximate surface area is 169 Å². The van der Waals surface area contributed by atoms with E-state index < -0.39 is 15.9 Å². The van der Waals surface area contributed by atoms with E-state index in [0.717, 1.165) is 11.1 Å². The van der Waals surface area contributed by atoms with Crippen LogP contribution in [0.25, 0.3) is 0 Å². The number of benzene rings is 2. The molecular formula is C20H22ClFN2O3S. The Morgan fingerprint density at radius 1 is 1.25 bits per heavy atom. The predicted molar refractivity (Wildman–Crippen MR) is 106 cm³/mol. The lowest BCUT2D eigenvalue weighted by Crippen LogP contribution is -2.45. The van der Waals surface area contributed by atoms with Crippen LogP contribution in [0.2, 0.25) is 5.02 Å². The SMILES string of the molecule is Cc1ccc(S(=O)(=O)N2CCC[C@@H](C(=O)NCc3ccc(F)cc3)C2)cc1Cl. The fourth-order valence-electron chi connectivity index (χ4n) is 3.19. The van der Waals surface area contributed by atoms with E-state index in [4.69, 9.17) is 11.6 Å². The van der Waals surface area contributed by atoms with E-state index in [9.17, 15) is 17.6 Å². The highest BCUT2D eigenvalue weighted by atomic mass is 35.5. The van der Waals surface area contributed by atoms with Crippen molar-refractivity contribution in [1.82, 2.24) is 9.62 Å². The van der Waals surface area contributed by atoms with Crippen molar-refractivity contribution in [2.24, 2.45) is 5.92 Å². The zero-order valence-corrected chi connectivity index (χ0v) is 17.1. The van der Waals surface area contributed by atoms with E-state index in [-0.39, 0.29) is 29.7 Å². The standard InChI is InChI=1S/C20H22ClFN2O3S/c1-14-4-9-18(11-19(14)21)28(26,27)24-10-2-3-16(13-24)20(25)23-12-15-5-7-17(22)8-6-15/h4-9,11,16H,2-3,10,12-13H2,1H3,(H,23,25)/t16-/m1/s1. The van der Waals surface area contributed by atoms with Gasteiger partial charge < -0.3 is 5.32 Å². The van der Waals surface area contributed by atoms with Gasteiger partial charge in [-0.25, -0.2) is 12.8 Å². The zero-order chi connectivity index (χ0) is 20.3. The molecule has 0 bridgehead atoms. The Morgan fingerprint density at radius 2 is 1.96 bits per heavy atom. The topological polar surface area (TPSA) is 66.5 Å². The maximum Gasteiger partial charge on any atom is 0.243 e. The van der Waals surface area contributed by atoms with E-state index in [1.54, 1.807) is 25.1 Å². The second-order valence-corrected chi connectivity index (χ2v) is 9.30. The summed E-state index contributed by atoms with van der Waals surface area (Å²) in [6.45, 7) is 2.58. The van der Waals surface area contributed by atoms with Crippen LogP contribution in [0.1, 0.15) is 24.0 Å². The first kappa shape index (κ1) is 20.8. The van der Waals surface area contributed by atoms with Crippen LogP contribution < -0.4 is 5.32 Å². The third-order valence-electron chi connectivity index (χ3n) is 4.92. The fraction of sp³-hybridized carbons (Fsp3) is 0.350. The van der Waals surface area contributed by atoms with Crippen LogP contribution in [0, 0.1) is 18.7 Å². The lowest BCUT2D eigenvalue weighted by molar-refractivity contribution is -0.126. The van der Waals surface area contributed by atoms with Crippen molar-refractivity contribution < 1.29 is 17.6 Å². The molecule has 1 atom stereocenters. The number of rotatable bonds is 5. The minimum Gasteiger partial charge on any atom is -0.352 e. The second kappa shape index (κ2) is 8.59. The van der Waals surface area contributed by atoms with E-state index in [1.165, 1.54) is 28.6 Å². The van der Waals surface area contributed by atoms with E-state index in [1.807, 2.05) is 0 Å². The number of nitrogens with zero attached hydrogens (tertiary/aromatic N) is 1. The van der Waals surface area contributed by atoms with Crippen molar-refractivity contribution in [3.63, 3.8) is 0 Å². The Bertz CT molecular complexity index is 964. The van der Waals surface area contributed by atoms with Gasteiger partial charge in [-0.05, 0) is 55.2 Å². The number of piperidine rings is 1. The molecule has 1 fully saturated rings. The summed E-state index contributed by atoms with van der Waals surface area (Å²) >= 11 is 6.08. The third kappa shape index (κ3) is 4.71. The van der Waals surface area contributed by atoms with Gasteiger partial charge in [-0.3, -0.25) is 4.79 Å². The van der Waals surface area contributed by atoms with E-state index in [0.29, 0.717) is 24.4 Å². The molecule has 1 heterocycles. The molecule has 0 aliphatic carbocycles. The molecule has 0 aromatic heterocycles. The van der Waals surface area contributed by atoms with Gasteiger partial charge in [0.25, 0.3) is 0 Å². The van der Waals surface area contributed by atoms with Crippen LogP contribution >= 0.6 is 11.6 Å². The summed E-state index contributed by atoms with van der Waals surface area (Å²) in [7, 11) is -3.71. The van der Waals surface area contributed by atoms with Gasteiger partial charge in [-0.15, -0.1) is 0 Å². The Morgan fingerprint density at radius 3 is 2.64 bits per heavy atom. The molecule has 0 radical (unpaired) electrons. The van der Waals surface area contributed by atoms with Gasteiger partial charge in [0, 0.05) is 24.7 Å². The average molecular weight is 425 g/mol. The molecule has 2 aromatic rings. The predicted octanol–water partition coefficient (Wildman–Crippen LogP) is 3.50. The van der Waals surface area contributed by atoms with Crippen molar-refractivity contribution in [2.75, 3.05) is 13.1 Å².